The third-order valence-corrected chi connectivity index (χ3v) is 3.72. The molecule has 0 saturated carbocycles. The standard InChI is InChI=1S/C17H19ClN2O6/c1-3-25-13-9-11(8-12(18)16(13)24-2)4-5-15(22)26-10-14(21)20-7-6-19-17(20)23/h4-5,8-9H,3,6-7,10H2,1-2H3,(H,19,23)/b5-4+. The molecule has 3 amide bonds. The van der Waals surface area contributed by atoms with Gasteiger partial charge in [-0.3, -0.25) is 9.69 Å². The largest absolute Gasteiger partial charge is 0.491 e. The van der Waals surface area contributed by atoms with Crippen LogP contribution in [0, 0.1) is 0 Å². The molecule has 1 N–H and O–H groups in total. The molecule has 1 heterocycles. The Morgan fingerprint density at radius 2 is 2.15 bits per heavy atom. The summed E-state index contributed by atoms with van der Waals surface area (Å²) in [6.07, 6.45) is 2.63. The fourth-order valence-corrected chi connectivity index (χ4v) is 2.57. The molecule has 0 aromatic heterocycles. The van der Waals surface area contributed by atoms with Crippen molar-refractivity contribution in [1.29, 1.82) is 0 Å². The minimum atomic E-state index is -0.720. The van der Waals surface area contributed by atoms with Gasteiger partial charge in [0.1, 0.15) is 0 Å². The third kappa shape index (κ3) is 4.89. The number of carbonyl (C=O) groups is 3. The van der Waals surface area contributed by atoms with E-state index in [1.807, 2.05) is 6.92 Å². The predicted octanol–water partition coefficient (Wildman–Crippen LogP) is 1.86. The molecule has 0 atom stereocenters. The van der Waals surface area contributed by atoms with Crippen LogP contribution in [0.3, 0.4) is 0 Å². The summed E-state index contributed by atoms with van der Waals surface area (Å²) in [6.45, 7) is 2.39. The van der Waals surface area contributed by atoms with E-state index in [2.05, 4.69) is 5.32 Å². The van der Waals surface area contributed by atoms with Crippen LogP contribution in [0.2, 0.25) is 5.02 Å². The summed E-state index contributed by atoms with van der Waals surface area (Å²) in [5.41, 5.74) is 0.599. The van der Waals surface area contributed by atoms with Crippen molar-refractivity contribution in [1.82, 2.24) is 10.2 Å². The highest BCUT2D eigenvalue weighted by molar-refractivity contribution is 6.32. The molecule has 2 rings (SSSR count). The Balaban J connectivity index is 1.97. The molecule has 1 aromatic carbocycles. The van der Waals surface area contributed by atoms with E-state index in [4.69, 9.17) is 25.8 Å². The van der Waals surface area contributed by atoms with E-state index in [9.17, 15) is 14.4 Å². The molecule has 1 aliphatic heterocycles. The number of imide groups is 1. The van der Waals surface area contributed by atoms with Gasteiger partial charge in [-0.15, -0.1) is 0 Å². The van der Waals surface area contributed by atoms with Gasteiger partial charge in [0.2, 0.25) is 0 Å². The number of amides is 3. The number of nitrogens with one attached hydrogen (secondary N) is 1. The summed E-state index contributed by atoms with van der Waals surface area (Å²) >= 11 is 6.13. The first-order valence-electron chi connectivity index (χ1n) is 7.89. The Morgan fingerprint density at radius 3 is 2.77 bits per heavy atom. The Morgan fingerprint density at radius 1 is 1.38 bits per heavy atom. The SMILES string of the molecule is CCOc1cc(/C=C/C(=O)OCC(=O)N2CCNC2=O)cc(Cl)c1OC. The van der Waals surface area contributed by atoms with Crippen molar-refractivity contribution in [3.63, 3.8) is 0 Å². The first-order chi connectivity index (χ1) is 12.5. The highest BCUT2D eigenvalue weighted by atomic mass is 35.5. The lowest BCUT2D eigenvalue weighted by atomic mass is 10.2. The zero-order valence-electron chi connectivity index (χ0n) is 14.4. The van der Waals surface area contributed by atoms with Crippen molar-refractivity contribution in [3.8, 4) is 11.5 Å². The lowest BCUT2D eigenvalue weighted by Crippen LogP contribution is -2.37. The number of hydrogen-bond donors (Lipinski definition) is 1. The number of ether oxygens (including phenoxy) is 3. The maximum atomic E-state index is 11.8. The molecular weight excluding hydrogens is 364 g/mol. The number of carbonyl (C=O) groups excluding carboxylic acids is 3. The van der Waals surface area contributed by atoms with Gasteiger partial charge >= 0.3 is 12.0 Å². The van der Waals surface area contributed by atoms with Gasteiger partial charge in [0.25, 0.3) is 5.91 Å². The first-order valence-corrected chi connectivity index (χ1v) is 8.27. The normalized spacial score (nSPS) is 13.7. The Labute approximate surface area is 155 Å². The molecule has 0 aliphatic carbocycles. The van der Waals surface area contributed by atoms with Gasteiger partial charge in [0.05, 0.1) is 18.7 Å². The van der Waals surface area contributed by atoms with E-state index in [1.54, 1.807) is 12.1 Å². The number of benzene rings is 1. The quantitative estimate of drug-likeness (QED) is 0.571. The molecule has 0 bridgehead atoms. The number of urea groups is 1. The van der Waals surface area contributed by atoms with Crippen molar-refractivity contribution < 1.29 is 28.6 Å². The van der Waals surface area contributed by atoms with Gasteiger partial charge in [0.15, 0.2) is 18.1 Å². The van der Waals surface area contributed by atoms with Crippen molar-refractivity contribution >= 4 is 35.6 Å². The fourth-order valence-electron chi connectivity index (χ4n) is 2.28. The predicted molar refractivity (Wildman–Crippen MR) is 94.3 cm³/mol. The van der Waals surface area contributed by atoms with E-state index >= 15 is 0 Å². The number of hydrogen-bond acceptors (Lipinski definition) is 6. The van der Waals surface area contributed by atoms with E-state index in [0.29, 0.717) is 35.2 Å². The molecule has 1 saturated heterocycles. The van der Waals surface area contributed by atoms with E-state index in [0.717, 1.165) is 11.0 Å². The summed E-state index contributed by atoms with van der Waals surface area (Å²) in [6, 6.07) is 2.78. The molecular formula is C17H19ClN2O6. The molecule has 9 heteroatoms. The first kappa shape index (κ1) is 19.6. The zero-order chi connectivity index (χ0) is 19.1. The van der Waals surface area contributed by atoms with Gasteiger partial charge in [-0.1, -0.05) is 11.6 Å². The third-order valence-electron chi connectivity index (χ3n) is 3.44. The molecule has 8 nitrogen and oxygen atoms in total. The Hall–Kier alpha value is -2.74. The Kier molecular flexibility index (Phi) is 6.85. The van der Waals surface area contributed by atoms with Crippen molar-refractivity contribution in [2.45, 2.75) is 6.92 Å². The summed E-state index contributed by atoms with van der Waals surface area (Å²) in [7, 11) is 1.48. The fraction of sp³-hybridized carbons (Fsp3) is 0.353. The van der Waals surface area contributed by atoms with E-state index in [1.165, 1.54) is 13.2 Å². The number of nitrogens with zero attached hydrogens (tertiary/aromatic N) is 1. The molecule has 0 radical (unpaired) electrons. The summed E-state index contributed by atoms with van der Waals surface area (Å²) in [5.74, 6) is -0.441. The number of rotatable bonds is 7. The monoisotopic (exact) mass is 382 g/mol. The molecule has 26 heavy (non-hydrogen) atoms. The van der Waals surface area contributed by atoms with E-state index < -0.39 is 24.5 Å². The highest BCUT2D eigenvalue weighted by Gasteiger charge is 2.26. The lowest BCUT2D eigenvalue weighted by Gasteiger charge is -2.12. The van der Waals surface area contributed by atoms with Crippen LogP contribution in [0.4, 0.5) is 4.79 Å². The van der Waals surface area contributed by atoms with Gasteiger partial charge in [0, 0.05) is 19.2 Å². The maximum Gasteiger partial charge on any atom is 0.331 e. The Bertz CT molecular complexity index is 734. The molecule has 0 spiro atoms. The molecule has 1 aliphatic rings. The summed E-state index contributed by atoms with van der Waals surface area (Å²) < 4.78 is 15.5. The highest BCUT2D eigenvalue weighted by Crippen LogP contribution is 2.36. The van der Waals surface area contributed by atoms with Crippen LogP contribution in [0.15, 0.2) is 18.2 Å². The topological polar surface area (TPSA) is 94.2 Å². The van der Waals surface area contributed by atoms with Crippen LogP contribution in [0.5, 0.6) is 11.5 Å². The van der Waals surface area contributed by atoms with Crippen LogP contribution in [0.25, 0.3) is 6.08 Å². The molecule has 1 fully saturated rings. The van der Waals surface area contributed by atoms with E-state index in [-0.39, 0.29) is 6.54 Å². The van der Waals surface area contributed by atoms with Crippen LogP contribution in [0.1, 0.15) is 12.5 Å². The van der Waals surface area contributed by atoms with Gasteiger partial charge in [-0.25, -0.2) is 9.59 Å². The van der Waals surface area contributed by atoms with Crippen molar-refractivity contribution in [2.75, 3.05) is 33.4 Å². The average molecular weight is 383 g/mol. The van der Waals surface area contributed by atoms with Crippen LogP contribution in [-0.2, 0) is 14.3 Å². The second kappa shape index (κ2) is 9.10. The van der Waals surface area contributed by atoms with Gasteiger partial charge < -0.3 is 19.5 Å². The number of methoxy groups -OCH3 is 1. The van der Waals surface area contributed by atoms with Crippen LogP contribution in [-0.4, -0.2) is 56.2 Å². The minimum absolute atomic E-state index is 0.260. The number of esters is 1. The molecule has 1 aromatic rings. The van der Waals surface area contributed by atoms with Crippen LogP contribution < -0.4 is 14.8 Å². The second-order valence-corrected chi connectivity index (χ2v) is 5.59. The maximum absolute atomic E-state index is 11.8. The van der Waals surface area contributed by atoms with Crippen molar-refractivity contribution in [2.24, 2.45) is 0 Å². The molecule has 0 unspecified atom stereocenters. The average Bonchev–Trinajstić information content (AvgIpc) is 3.04. The summed E-state index contributed by atoms with van der Waals surface area (Å²) in [4.78, 5) is 35.9. The second-order valence-electron chi connectivity index (χ2n) is 5.19. The molecule has 140 valence electrons. The van der Waals surface area contributed by atoms with Gasteiger partial charge in [-0.2, -0.15) is 0 Å². The summed E-state index contributed by atoms with van der Waals surface area (Å²) in [5, 5.41) is 2.83. The minimum Gasteiger partial charge on any atom is -0.491 e. The lowest BCUT2D eigenvalue weighted by molar-refractivity contribution is -0.146. The van der Waals surface area contributed by atoms with Crippen molar-refractivity contribution in [3.05, 3.63) is 28.8 Å². The number of halogens is 1. The van der Waals surface area contributed by atoms with Crippen LogP contribution >= 0.6 is 11.6 Å². The smallest absolute Gasteiger partial charge is 0.331 e. The zero-order valence-corrected chi connectivity index (χ0v) is 15.2. The van der Waals surface area contributed by atoms with Gasteiger partial charge in [-0.05, 0) is 30.7 Å².